The highest BCUT2D eigenvalue weighted by Gasteiger charge is 2.42. The summed E-state index contributed by atoms with van der Waals surface area (Å²) in [5.74, 6) is 0. The normalized spacial score (nSPS) is 25.1. The Hall–Kier alpha value is -0.770. The Morgan fingerprint density at radius 1 is 1.50 bits per heavy atom. The molecule has 1 aliphatic carbocycles. The van der Waals surface area contributed by atoms with E-state index in [0.29, 0.717) is 0 Å². The zero-order valence-corrected chi connectivity index (χ0v) is 9.05. The van der Waals surface area contributed by atoms with E-state index in [9.17, 15) is 4.79 Å². The first-order valence-electron chi connectivity index (χ1n) is 5.34. The molecule has 0 unspecified atom stereocenters. The molecular weight excluding hydrogens is 178 g/mol. The van der Waals surface area contributed by atoms with Gasteiger partial charge in [-0.2, -0.15) is 0 Å². The smallest absolute Gasteiger partial charge is 0.317 e. The van der Waals surface area contributed by atoms with Crippen LogP contribution in [0.4, 0.5) is 4.79 Å². The zero-order chi connectivity index (χ0) is 10.2. The summed E-state index contributed by atoms with van der Waals surface area (Å²) < 4.78 is 0. The lowest BCUT2D eigenvalue weighted by Crippen LogP contribution is -2.57. The van der Waals surface area contributed by atoms with Gasteiger partial charge in [0, 0.05) is 25.2 Å². The molecule has 80 valence electrons. The number of hydrogen-bond donors (Lipinski definition) is 1. The van der Waals surface area contributed by atoms with Gasteiger partial charge in [0.05, 0.1) is 0 Å². The number of urea groups is 1. The maximum absolute atomic E-state index is 11.4. The third kappa shape index (κ3) is 1.47. The van der Waals surface area contributed by atoms with Crippen LogP contribution in [0.2, 0.25) is 0 Å². The molecule has 0 bridgehead atoms. The van der Waals surface area contributed by atoms with Gasteiger partial charge in [0.25, 0.3) is 0 Å². The summed E-state index contributed by atoms with van der Waals surface area (Å²) in [4.78, 5) is 15.6. The molecule has 1 N–H and O–H groups in total. The average Bonchev–Trinajstić information content (AvgIpc) is 2.43. The molecule has 0 spiro atoms. The molecule has 14 heavy (non-hydrogen) atoms. The molecule has 0 aromatic heterocycles. The van der Waals surface area contributed by atoms with Crippen molar-refractivity contribution in [3.8, 4) is 0 Å². The van der Waals surface area contributed by atoms with E-state index in [1.807, 2.05) is 4.90 Å². The van der Waals surface area contributed by atoms with Crippen molar-refractivity contribution in [1.29, 1.82) is 0 Å². The van der Waals surface area contributed by atoms with E-state index in [4.69, 9.17) is 0 Å². The average molecular weight is 197 g/mol. The van der Waals surface area contributed by atoms with E-state index < -0.39 is 0 Å². The summed E-state index contributed by atoms with van der Waals surface area (Å²) in [7, 11) is 4.24. The van der Waals surface area contributed by atoms with Gasteiger partial charge in [0.15, 0.2) is 0 Å². The summed E-state index contributed by atoms with van der Waals surface area (Å²) in [5, 5.41) is 2.85. The molecule has 2 aliphatic rings. The first kappa shape index (κ1) is 9.77. The van der Waals surface area contributed by atoms with Crippen LogP contribution in [0.5, 0.6) is 0 Å². The van der Waals surface area contributed by atoms with Gasteiger partial charge in [0.2, 0.25) is 0 Å². The Kier molecular flexibility index (Phi) is 2.39. The predicted molar refractivity (Wildman–Crippen MR) is 55.2 cm³/mol. The third-order valence-electron chi connectivity index (χ3n) is 3.66. The largest absolute Gasteiger partial charge is 0.336 e. The van der Waals surface area contributed by atoms with Crippen molar-refractivity contribution >= 4 is 6.03 Å². The molecule has 0 aromatic carbocycles. The topological polar surface area (TPSA) is 35.6 Å². The van der Waals surface area contributed by atoms with E-state index in [1.165, 1.54) is 19.3 Å². The molecule has 1 saturated carbocycles. The second-order valence-electron chi connectivity index (χ2n) is 4.63. The molecule has 4 heteroatoms. The first-order valence-corrected chi connectivity index (χ1v) is 5.34. The molecule has 2 fully saturated rings. The molecule has 4 nitrogen and oxygen atoms in total. The van der Waals surface area contributed by atoms with E-state index >= 15 is 0 Å². The molecule has 1 aliphatic heterocycles. The lowest BCUT2D eigenvalue weighted by atomic mass is 9.75. The van der Waals surface area contributed by atoms with Gasteiger partial charge in [-0.15, -0.1) is 0 Å². The number of hydrogen-bond acceptors (Lipinski definition) is 2. The fourth-order valence-electron chi connectivity index (χ4n) is 2.35. The zero-order valence-electron chi connectivity index (χ0n) is 9.05. The Balaban J connectivity index is 1.97. The Morgan fingerprint density at radius 3 is 2.57 bits per heavy atom. The van der Waals surface area contributed by atoms with Crippen molar-refractivity contribution in [2.75, 3.05) is 33.7 Å². The quantitative estimate of drug-likeness (QED) is 0.715. The summed E-state index contributed by atoms with van der Waals surface area (Å²) in [6.07, 6.45) is 3.75. The van der Waals surface area contributed by atoms with Crippen LogP contribution in [0.3, 0.4) is 0 Å². The van der Waals surface area contributed by atoms with Crippen molar-refractivity contribution in [1.82, 2.24) is 15.1 Å². The van der Waals surface area contributed by atoms with E-state index in [1.54, 1.807) is 0 Å². The highest BCUT2D eigenvalue weighted by atomic mass is 16.2. The van der Waals surface area contributed by atoms with Gasteiger partial charge < -0.3 is 15.1 Å². The first-order chi connectivity index (χ1) is 6.64. The SMILES string of the molecule is CN(C)C1(CN2CCNC2=O)CCC1. The van der Waals surface area contributed by atoms with Crippen LogP contribution >= 0.6 is 0 Å². The lowest BCUT2D eigenvalue weighted by Gasteiger charge is -2.49. The second kappa shape index (κ2) is 3.42. The van der Waals surface area contributed by atoms with E-state index in [0.717, 1.165) is 19.6 Å². The lowest BCUT2D eigenvalue weighted by molar-refractivity contribution is 0.0356. The predicted octanol–water partition coefficient (Wildman–Crippen LogP) is 0.496. The van der Waals surface area contributed by atoms with Crippen LogP contribution in [-0.4, -0.2) is 55.1 Å². The summed E-state index contributed by atoms with van der Waals surface area (Å²) in [5.41, 5.74) is 0.266. The maximum atomic E-state index is 11.4. The molecule has 1 heterocycles. The van der Waals surface area contributed by atoms with Crippen molar-refractivity contribution in [2.24, 2.45) is 0 Å². The number of rotatable bonds is 3. The van der Waals surface area contributed by atoms with Gasteiger partial charge in [0.1, 0.15) is 0 Å². The van der Waals surface area contributed by atoms with Crippen molar-refractivity contribution in [3.05, 3.63) is 0 Å². The summed E-state index contributed by atoms with van der Waals surface area (Å²) in [6, 6.07) is 0.109. The van der Waals surface area contributed by atoms with Gasteiger partial charge >= 0.3 is 6.03 Å². The van der Waals surface area contributed by atoms with Crippen molar-refractivity contribution in [3.63, 3.8) is 0 Å². The number of nitrogens with one attached hydrogen (secondary N) is 1. The van der Waals surface area contributed by atoms with Gasteiger partial charge in [-0.1, -0.05) is 0 Å². The minimum absolute atomic E-state index is 0.109. The fraction of sp³-hybridized carbons (Fsp3) is 0.900. The Labute approximate surface area is 85.2 Å². The standard InChI is InChI=1S/C10H19N3O/c1-12(2)10(4-3-5-10)8-13-7-6-11-9(13)14/h3-8H2,1-2H3,(H,11,14). The van der Waals surface area contributed by atoms with Crippen LogP contribution in [0, 0.1) is 0 Å². The monoisotopic (exact) mass is 197 g/mol. The highest BCUT2D eigenvalue weighted by molar-refractivity contribution is 5.76. The third-order valence-corrected chi connectivity index (χ3v) is 3.66. The van der Waals surface area contributed by atoms with Crippen LogP contribution < -0.4 is 5.32 Å². The Morgan fingerprint density at radius 2 is 2.21 bits per heavy atom. The van der Waals surface area contributed by atoms with E-state index in [2.05, 4.69) is 24.3 Å². The van der Waals surface area contributed by atoms with Crippen LogP contribution in [0.15, 0.2) is 0 Å². The molecular formula is C10H19N3O. The number of amides is 2. The Bertz CT molecular complexity index is 236. The van der Waals surface area contributed by atoms with Crippen LogP contribution in [-0.2, 0) is 0 Å². The molecule has 2 amide bonds. The summed E-state index contributed by atoms with van der Waals surface area (Å²) >= 11 is 0. The number of likely N-dealkylation sites (N-methyl/N-ethyl adjacent to an activating group) is 1. The fourth-order valence-corrected chi connectivity index (χ4v) is 2.35. The number of carbonyl (C=O) groups is 1. The molecule has 1 saturated heterocycles. The minimum atomic E-state index is 0.109. The van der Waals surface area contributed by atoms with Gasteiger partial charge in [-0.05, 0) is 33.4 Å². The van der Waals surface area contributed by atoms with Crippen molar-refractivity contribution in [2.45, 2.75) is 24.8 Å². The maximum Gasteiger partial charge on any atom is 0.317 e. The second-order valence-corrected chi connectivity index (χ2v) is 4.63. The van der Waals surface area contributed by atoms with E-state index in [-0.39, 0.29) is 11.6 Å². The van der Waals surface area contributed by atoms with Crippen LogP contribution in [0.1, 0.15) is 19.3 Å². The number of nitrogens with zero attached hydrogens (tertiary/aromatic N) is 2. The number of carbonyl (C=O) groups excluding carboxylic acids is 1. The van der Waals surface area contributed by atoms with Crippen LogP contribution in [0.25, 0.3) is 0 Å². The highest BCUT2D eigenvalue weighted by Crippen LogP contribution is 2.36. The van der Waals surface area contributed by atoms with Gasteiger partial charge in [-0.3, -0.25) is 0 Å². The molecule has 0 atom stereocenters. The van der Waals surface area contributed by atoms with Gasteiger partial charge in [-0.25, -0.2) is 4.79 Å². The molecule has 2 rings (SSSR count). The molecule has 0 aromatic rings. The molecule has 0 radical (unpaired) electrons. The minimum Gasteiger partial charge on any atom is -0.336 e. The van der Waals surface area contributed by atoms with Crippen molar-refractivity contribution < 1.29 is 4.79 Å². The summed E-state index contributed by atoms with van der Waals surface area (Å²) in [6.45, 7) is 2.57.